The van der Waals surface area contributed by atoms with Gasteiger partial charge in [0.2, 0.25) is 5.91 Å². The Morgan fingerprint density at radius 1 is 1.38 bits per heavy atom. The summed E-state index contributed by atoms with van der Waals surface area (Å²) in [7, 11) is 0. The van der Waals surface area contributed by atoms with Gasteiger partial charge in [0.05, 0.1) is 0 Å². The van der Waals surface area contributed by atoms with Gasteiger partial charge in [0.15, 0.2) is 0 Å². The Bertz CT molecular complexity index is 677. The standard InChI is InChI=1S/C16H20FN3O/c1-16(2)14(5-6-15(21)20-16)18-9-12-7-10-3-4-11(17)8-13(10)19-12/h3-4,7-8,14,18-19H,5-6,9H2,1-2H3,(H,20,21). The highest BCUT2D eigenvalue weighted by Gasteiger charge is 2.34. The molecule has 1 aliphatic rings. The highest BCUT2D eigenvalue weighted by atomic mass is 19.1. The van der Waals surface area contributed by atoms with E-state index < -0.39 is 0 Å². The molecule has 3 rings (SSSR count). The molecule has 3 N–H and O–H groups in total. The van der Waals surface area contributed by atoms with Gasteiger partial charge in [0.1, 0.15) is 5.82 Å². The van der Waals surface area contributed by atoms with Crippen LogP contribution in [0.25, 0.3) is 10.9 Å². The summed E-state index contributed by atoms with van der Waals surface area (Å²) in [6.07, 6.45) is 1.38. The molecule has 21 heavy (non-hydrogen) atoms. The molecule has 5 heteroatoms. The third-order valence-electron chi connectivity index (χ3n) is 4.17. The van der Waals surface area contributed by atoms with Gasteiger partial charge in [0, 0.05) is 35.8 Å². The van der Waals surface area contributed by atoms with E-state index in [0.29, 0.717) is 13.0 Å². The molecule has 0 bridgehead atoms. The SMILES string of the molecule is CC1(C)NC(=O)CCC1NCc1cc2ccc(F)cc2[nH]1. The Morgan fingerprint density at radius 3 is 2.95 bits per heavy atom. The molecule has 1 aromatic carbocycles. The lowest BCUT2D eigenvalue weighted by Crippen LogP contribution is -2.60. The first-order chi connectivity index (χ1) is 9.94. The monoisotopic (exact) mass is 289 g/mol. The van der Waals surface area contributed by atoms with Gasteiger partial charge in [-0.1, -0.05) is 0 Å². The van der Waals surface area contributed by atoms with E-state index in [1.807, 2.05) is 19.9 Å². The maximum absolute atomic E-state index is 13.2. The zero-order valence-electron chi connectivity index (χ0n) is 12.3. The van der Waals surface area contributed by atoms with Crippen LogP contribution in [0.3, 0.4) is 0 Å². The van der Waals surface area contributed by atoms with E-state index >= 15 is 0 Å². The van der Waals surface area contributed by atoms with Crippen LogP contribution in [0.15, 0.2) is 24.3 Å². The van der Waals surface area contributed by atoms with Crippen molar-refractivity contribution in [2.24, 2.45) is 0 Å². The van der Waals surface area contributed by atoms with E-state index in [-0.39, 0.29) is 23.3 Å². The number of halogens is 1. The lowest BCUT2D eigenvalue weighted by Gasteiger charge is -2.39. The Kier molecular flexibility index (Phi) is 3.45. The summed E-state index contributed by atoms with van der Waals surface area (Å²) in [5.74, 6) is -0.126. The zero-order chi connectivity index (χ0) is 15.0. The minimum Gasteiger partial charge on any atom is -0.357 e. The maximum Gasteiger partial charge on any atom is 0.220 e. The molecule has 1 aromatic heterocycles. The second-order valence-corrected chi connectivity index (χ2v) is 6.27. The number of fused-ring (bicyclic) bond motifs is 1. The van der Waals surface area contributed by atoms with Crippen LogP contribution in [0.5, 0.6) is 0 Å². The minimum absolute atomic E-state index is 0.110. The number of carbonyl (C=O) groups excluding carboxylic acids is 1. The van der Waals surface area contributed by atoms with Crippen molar-refractivity contribution in [1.82, 2.24) is 15.6 Å². The van der Waals surface area contributed by atoms with Crippen molar-refractivity contribution in [3.8, 4) is 0 Å². The Hall–Kier alpha value is -1.88. The molecule has 1 atom stereocenters. The molecule has 4 nitrogen and oxygen atoms in total. The second kappa shape index (κ2) is 5.15. The number of piperidine rings is 1. The highest BCUT2D eigenvalue weighted by molar-refractivity contribution is 5.80. The van der Waals surface area contributed by atoms with Crippen molar-refractivity contribution >= 4 is 16.8 Å². The normalized spacial score (nSPS) is 21.5. The van der Waals surface area contributed by atoms with Gasteiger partial charge in [-0.2, -0.15) is 0 Å². The third kappa shape index (κ3) is 2.93. The number of hydrogen-bond donors (Lipinski definition) is 3. The first-order valence-corrected chi connectivity index (χ1v) is 7.25. The largest absolute Gasteiger partial charge is 0.357 e. The van der Waals surface area contributed by atoms with Crippen molar-refractivity contribution in [2.45, 2.75) is 44.8 Å². The number of amides is 1. The zero-order valence-corrected chi connectivity index (χ0v) is 12.3. The molecule has 1 amide bonds. The van der Waals surface area contributed by atoms with Gasteiger partial charge >= 0.3 is 0 Å². The number of nitrogens with one attached hydrogen (secondary N) is 3. The summed E-state index contributed by atoms with van der Waals surface area (Å²) < 4.78 is 13.2. The average Bonchev–Trinajstić information content (AvgIpc) is 2.78. The molecular formula is C16H20FN3O. The van der Waals surface area contributed by atoms with Gasteiger partial charge in [-0.05, 0) is 49.9 Å². The Labute approximate surface area is 123 Å². The number of rotatable bonds is 3. The van der Waals surface area contributed by atoms with Gasteiger partial charge in [0.25, 0.3) is 0 Å². The molecule has 1 aliphatic heterocycles. The predicted octanol–water partition coefficient (Wildman–Crippen LogP) is 2.45. The molecule has 1 unspecified atom stereocenters. The lowest BCUT2D eigenvalue weighted by molar-refractivity contribution is -0.125. The van der Waals surface area contributed by atoms with Crippen molar-refractivity contribution in [3.63, 3.8) is 0 Å². The fourth-order valence-electron chi connectivity index (χ4n) is 2.99. The van der Waals surface area contributed by atoms with Gasteiger partial charge in [-0.25, -0.2) is 4.39 Å². The molecule has 2 aromatic rings. The van der Waals surface area contributed by atoms with Crippen LogP contribution in [-0.2, 0) is 11.3 Å². The van der Waals surface area contributed by atoms with Crippen LogP contribution in [0.4, 0.5) is 4.39 Å². The van der Waals surface area contributed by atoms with Gasteiger partial charge < -0.3 is 15.6 Å². The quantitative estimate of drug-likeness (QED) is 0.813. The molecule has 1 fully saturated rings. The van der Waals surface area contributed by atoms with E-state index in [1.165, 1.54) is 12.1 Å². The molecule has 2 heterocycles. The third-order valence-corrected chi connectivity index (χ3v) is 4.17. The fraction of sp³-hybridized carbons (Fsp3) is 0.438. The van der Waals surface area contributed by atoms with Crippen molar-refractivity contribution in [2.75, 3.05) is 0 Å². The first-order valence-electron chi connectivity index (χ1n) is 7.25. The summed E-state index contributed by atoms with van der Waals surface area (Å²) in [5.41, 5.74) is 1.57. The van der Waals surface area contributed by atoms with Crippen molar-refractivity contribution in [3.05, 3.63) is 35.8 Å². The first kappa shape index (κ1) is 14.1. The minimum atomic E-state index is -0.256. The Morgan fingerprint density at radius 2 is 2.19 bits per heavy atom. The van der Waals surface area contributed by atoms with Crippen LogP contribution in [0, 0.1) is 5.82 Å². The lowest BCUT2D eigenvalue weighted by atomic mass is 9.87. The Balaban J connectivity index is 1.70. The van der Waals surface area contributed by atoms with Crippen LogP contribution in [0.1, 0.15) is 32.4 Å². The topological polar surface area (TPSA) is 56.9 Å². The number of hydrogen-bond acceptors (Lipinski definition) is 2. The van der Waals surface area contributed by atoms with E-state index in [2.05, 4.69) is 15.6 Å². The van der Waals surface area contributed by atoms with E-state index in [9.17, 15) is 9.18 Å². The van der Waals surface area contributed by atoms with Crippen LogP contribution in [-0.4, -0.2) is 22.5 Å². The van der Waals surface area contributed by atoms with Crippen LogP contribution < -0.4 is 10.6 Å². The number of carbonyl (C=O) groups is 1. The van der Waals surface area contributed by atoms with Crippen molar-refractivity contribution in [1.29, 1.82) is 0 Å². The summed E-state index contributed by atoms with van der Waals surface area (Å²) >= 11 is 0. The highest BCUT2D eigenvalue weighted by Crippen LogP contribution is 2.21. The molecule has 0 saturated carbocycles. The number of aromatic nitrogens is 1. The van der Waals surface area contributed by atoms with E-state index in [4.69, 9.17) is 0 Å². The fourth-order valence-corrected chi connectivity index (χ4v) is 2.99. The number of H-pyrrole nitrogens is 1. The summed E-state index contributed by atoms with van der Waals surface area (Å²) in [4.78, 5) is 14.7. The van der Waals surface area contributed by atoms with E-state index in [0.717, 1.165) is 23.0 Å². The smallest absolute Gasteiger partial charge is 0.220 e. The van der Waals surface area contributed by atoms with Crippen molar-refractivity contribution < 1.29 is 9.18 Å². The van der Waals surface area contributed by atoms with Crippen LogP contribution >= 0.6 is 0 Å². The molecule has 112 valence electrons. The van der Waals surface area contributed by atoms with Crippen LogP contribution in [0.2, 0.25) is 0 Å². The number of benzene rings is 1. The maximum atomic E-state index is 13.2. The predicted molar refractivity (Wildman–Crippen MR) is 80.3 cm³/mol. The van der Waals surface area contributed by atoms with Gasteiger partial charge in [-0.15, -0.1) is 0 Å². The summed E-state index contributed by atoms with van der Waals surface area (Å²) in [5, 5.41) is 7.50. The molecule has 0 spiro atoms. The molecule has 0 aliphatic carbocycles. The molecule has 0 radical (unpaired) electrons. The summed E-state index contributed by atoms with van der Waals surface area (Å²) in [6, 6.07) is 6.99. The number of aromatic amines is 1. The summed E-state index contributed by atoms with van der Waals surface area (Å²) in [6.45, 7) is 4.73. The second-order valence-electron chi connectivity index (χ2n) is 6.27. The molecular weight excluding hydrogens is 269 g/mol. The molecule has 1 saturated heterocycles. The van der Waals surface area contributed by atoms with E-state index in [1.54, 1.807) is 6.07 Å². The van der Waals surface area contributed by atoms with Gasteiger partial charge in [-0.3, -0.25) is 4.79 Å². The average molecular weight is 289 g/mol.